The Balaban J connectivity index is 1.23. The van der Waals surface area contributed by atoms with Gasteiger partial charge in [0.1, 0.15) is 17.9 Å². The fourth-order valence-electron chi connectivity index (χ4n) is 4.57. The number of carbonyl (C=O) groups excluding carboxylic acids is 2. The number of hydrogen-bond donors (Lipinski definition) is 1. The molecule has 5 rings (SSSR count). The van der Waals surface area contributed by atoms with Crippen molar-refractivity contribution in [2.24, 2.45) is 0 Å². The first-order valence-corrected chi connectivity index (χ1v) is 11.5. The average Bonchev–Trinajstić information content (AvgIpc) is 2.88. The molecule has 182 valence electrons. The Morgan fingerprint density at radius 3 is 2.40 bits per heavy atom. The van der Waals surface area contributed by atoms with E-state index in [1.54, 1.807) is 47.9 Å². The molecule has 0 spiro atoms. The monoisotopic (exact) mass is 478 g/mol. The second-order valence-electron chi connectivity index (χ2n) is 8.83. The van der Waals surface area contributed by atoms with Crippen LogP contribution in [0.3, 0.4) is 0 Å². The Hall–Kier alpha value is -4.01. The molecular weight excluding hydrogens is 452 g/mol. The van der Waals surface area contributed by atoms with Crippen LogP contribution < -0.4 is 15.1 Å². The number of phenols is 1. The summed E-state index contributed by atoms with van der Waals surface area (Å²) in [5, 5.41) is 10.6. The third-order valence-corrected chi connectivity index (χ3v) is 6.73. The maximum absolute atomic E-state index is 13.0. The van der Waals surface area contributed by atoms with Gasteiger partial charge in [0, 0.05) is 37.1 Å². The van der Waals surface area contributed by atoms with Crippen LogP contribution in [-0.2, 0) is 16.0 Å². The number of amides is 2. The molecule has 2 aliphatic heterocycles. The second kappa shape index (κ2) is 8.98. The minimum absolute atomic E-state index is 0.0469. The van der Waals surface area contributed by atoms with Gasteiger partial charge >= 0.3 is 5.63 Å². The third kappa shape index (κ3) is 4.18. The van der Waals surface area contributed by atoms with E-state index < -0.39 is 11.7 Å². The minimum Gasteiger partial charge on any atom is -0.508 e. The van der Waals surface area contributed by atoms with Gasteiger partial charge in [0.25, 0.3) is 5.91 Å². The maximum atomic E-state index is 13.0. The van der Waals surface area contributed by atoms with Crippen LogP contribution in [0.1, 0.15) is 16.7 Å². The fourth-order valence-corrected chi connectivity index (χ4v) is 4.57. The van der Waals surface area contributed by atoms with E-state index in [1.165, 1.54) is 0 Å². The van der Waals surface area contributed by atoms with E-state index in [-0.39, 0.29) is 30.6 Å². The van der Waals surface area contributed by atoms with Gasteiger partial charge in [-0.3, -0.25) is 9.59 Å². The van der Waals surface area contributed by atoms with Crippen LogP contribution in [0.5, 0.6) is 17.2 Å². The molecule has 35 heavy (non-hydrogen) atoms. The minimum atomic E-state index is -0.722. The van der Waals surface area contributed by atoms with Crippen LogP contribution >= 0.6 is 0 Å². The summed E-state index contributed by atoms with van der Waals surface area (Å²) in [6.07, 6.45) is -0.811. The molecule has 1 N–H and O–H groups in total. The van der Waals surface area contributed by atoms with Gasteiger partial charge in [0.05, 0.1) is 12.0 Å². The molecule has 1 fully saturated rings. The van der Waals surface area contributed by atoms with E-state index in [2.05, 4.69) is 0 Å². The number of benzene rings is 2. The number of piperazine rings is 1. The smallest absolute Gasteiger partial charge is 0.340 e. The molecule has 3 aromatic rings. The van der Waals surface area contributed by atoms with Crippen molar-refractivity contribution in [1.29, 1.82) is 0 Å². The topological polar surface area (TPSA) is 110 Å². The Labute approximate surface area is 201 Å². The largest absolute Gasteiger partial charge is 0.508 e. The zero-order valence-corrected chi connectivity index (χ0v) is 19.6. The molecule has 0 aliphatic carbocycles. The molecule has 1 atom stereocenters. The van der Waals surface area contributed by atoms with E-state index in [0.29, 0.717) is 65.3 Å². The maximum Gasteiger partial charge on any atom is 0.340 e. The lowest BCUT2D eigenvalue weighted by atomic mass is 10.0. The van der Waals surface area contributed by atoms with Gasteiger partial charge in [-0.05, 0) is 43.7 Å². The van der Waals surface area contributed by atoms with Crippen LogP contribution in [0.2, 0.25) is 0 Å². The number of fused-ring (bicyclic) bond motifs is 2. The van der Waals surface area contributed by atoms with Crippen LogP contribution in [0.15, 0.2) is 45.6 Å². The predicted molar refractivity (Wildman–Crippen MR) is 127 cm³/mol. The number of rotatable bonds is 3. The van der Waals surface area contributed by atoms with Gasteiger partial charge in [-0.2, -0.15) is 0 Å². The van der Waals surface area contributed by atoms with Crippen molar-refractivity contribution in [3.05, 3.63) is 63.5 Å². The van der Waals surface area contributed by atoms with Crippen molar-refractivity contribution in [2.45, 2.75) is 26.4 Å². The highest BCUT2D eigenvalue weighted by Gasteiger charge is 2.33. The van der Waals surface area contributed by atoms with Gasteiger partial charge < -0.3 is 28.8 Å². The third-order valence-electron chi connectivity index (χ3n) is 6.73. The van der Waals surface area contributed by atoms with Crippen molar-refractivity contribution < 1.29 is 28.6 Å². The first-order valence-electron chi connectivity index (χ1n) is 11.5. The SMILES string of the molecule is Cc1c(CC(=O)N2CCN(C(=O)[C@H]3COc4ccccc4O3)CC2)c(=O)oc2c(C)c(O)ccc12. The standard InChI is InChI=1S/C26H26N2O7/c1-15-17-7-8-19(29)16(2)24(17)35-26(32)18(15)13-23(30)27-9-11-28(12-10-27)25(31)22-14-33-20-5-3-4-6-21(20)34-22/h3-8,22,29H,9-14H2,1-2H3/t22-/m1/s1. The summed E-state index contributed by atoms with van der Waals surface area (Å²) in [5.41, 5.74) is 1.19. The summed E-state index contributed by atoms with van der Waals surface area (Å²) in [5.74, 6) is 0.837. The summed E-state index contributed by atoms with van der Waals surface area (Å²) >= 11 is 0. The number of para-hydroxylation sites is 2. The fraction of sp³-hybridized carbons (Fsp3) is 0.346. The summed E-state index contributed by atoms with van der Waals surface area (Å²) in [4.78, 5) is 41.9. The van der Waals surface area contributed by atoms with Crippen molar-refractivity contribution in [3.63, 3.8) is 0 Å². The van der Waals surface area contributed by atoms with E-state index >= 15 is 0 Å². The number of aromatic hydroxyl groups is 1. The number of hydrogen-bond acceptors (Lipinski definition) is 7. The van der Waals surface area contributed by atoms with Crippen LogP contribution in [0.25, 0.3) is 11.0 Å². The number of aryl methyl sites for hydroxylation is 2. The van der Waals surface area contributed by atoms with Gasteiger partial charge in [-0.15, -0.1) is 0 Å². The Kier molecular flexibility index (Phi) is 5.84. The van der Waals surface area contributed by atoms with E-state index in [9.17, 15) is 19.5 Å². The number of phenolic OH excluding ortho intramolecular Hbond substituents is 1. The average molecular weight is 479 g/mol. The van der Waals surface area contributed by atoms with E-state index in [4.69, 9.17) is 13.9 Å². The van der Waals surface area contributed by atoms with Crippen molar-refractivity contribution >= 4 is 22.8 Å². The Morgan fingerprint density at radius 2 is 1.66 bits per heavy atom. The van der Waals surface area contributed by atoms with Crippen LogP contribution in [0.4, 0.5) is 0 Å². The highest BCUT2D eigenvalue weighted by Crippen LogP contribution is 2.31. The quantitative estimate of drug-likeness (QED) is 0.575. The lowest BCUT2D eigenvalue weighted by Gasteiger charge is -2.37. The highest BCUT2D eigenvalue weighted by atomic mass is 16.6. The van der Waals surface area contributed by atoms with Crippen molar-refractivity contribution in [3.8, 4) is 17.2 Å². The Morgan fingerprint density at radius 1 is 0.971 bits per heavy atom. The molecule has 0 saturated carbocycles. The van der Waals surface area contributed by atoms with Crippen molar-refractivity contribution in [2.75, 3.05) is 32.8 Å². The predicted octanol–water partition coefficient (Wildman–Crippen LogP) is 2.17. The summed E-state index contributed by atoms with van der Waals surface area (Å²) in [6.45, 7) is 5.06. The molecule has 0 unspecified atom stereocenters. The van der Waals surface area contributed by atoms with Gasteiger partial charge in [-0.1, -0.05) is 12.1 Å². The highest BCUT2D eigenvalue weighted by molar-refractivity contribution is 5.87. The van der Waals surface area contributed by atoms with E-state index in [1.807, 2.05) is 12.1 Å². The zero-order valence-electron chi connectivity index (χ0n) is 19.6. The Bertz CT molecular complexity index is 1370. The van der Waals surface area contributed by atoms with Crippen molar-refractivity contribution in [1.82, 2.24) is 9.80 Å². The molecule has 9 heteroatoms. The lowest BCUT2D eigenvalue weighted by molar-refractivity contribution is -0.146. The molecule has 0 radical (unpaired) electrons. The van der Waals surface area contributed by atoms with Crippen LogP contribution in [-0.4, -0.2) is 65.6 Å². The molecule has 2 aliphatic rings. The normalized spacial score (nSPS) is 17.5. The first kappa shape index (κ1) is 22.8. The number of ether oxygens (including phenoxy) is 2. The lowest BCUT2D eigenvalue weighted by Crippen LogP contribution is -2.55. The molecule has 9 nitrogen and oxygen atoms in total. The molecular formula is C26H26N2O7. The molecule has 0 bridgehead atoms. The molecule has 2 amide bonds. The van der Waals surface area contributed by atoms with Gasteiger partial charge in [0.15, 0.2) is 11.5 Å². The van der Waals surface area contributed by atoms with Gasteiger partial charge in [-0.25, -0.2) is 4.79 Å². The summed E-state index contributed by atoms with van der Waals surface area (Å²) < 4.78 is 16.9. The first-order chi connectivity index (χ1) is 16.8. The number of nitrogens with zero attached hydrogens (tertiary/aromatic N) is 2. The molecule has 2 aromatic carbocycles. The molecule has 1 aromatic heterocycles. The molecule has 1 saturated heterocycles. The van der Waals surface area contributed by atoms with Gasteiger partial charge in [0.2, 0.25) is 12.0 Å². The zero-order chi connectivity index (χ0) is 24.7. The summed E-state index contributed by atoms with van der Waals surface area (Å²) in [7, 11) is 0. The number of carbonyl (C=O) groups is 2. The second-order valence-corrected chi connectivity index (χ2v) is 8.83. The molecule has 3 heterocycles. The summed E-state index contributed by atoms with van der Waals surface area (Å²) in [6, 6.07) is 10.5. The van der Waals surface area contributed by atoms with E-state index in [0.717, 1.165) is 0 Å². The van der Waals surface area contributed by atoms with Crippen LogP contribution in [0, 0.1) is 13.8 Å².